The van der Waals surface area contributed by atoms with Crippen molar-refractivity contribution in [2.24, 2.45) is 0 Å². The van der Waals surface area contributed by atoms with E-state index in [2.05, 4.69) is 28.2 Å². The van der Waals surface area contributed by atoms with Crippen LogP contribution in [0.1, 0.15) is 17.0 Å². The Hall–Kier alpha value is -2.96. The molecule has 0 radical (unpaired) electrons. The van der Waals surface area contributed by atoms with Crippen LogP contribution in [0, 0.1) is 0 Å². The highest BCUT2D eigenvalue weighted by molar-refractivity contribution is 7.25. The van der Waals surface area contributed by atoms with Gasteiger partial charge in [-0.3, -0.25) is 4.79 Å². The van der Waals surface area contributed by atoms with E-state index in [-0.39, 0.29) is 11.4 Å². The molecule has 5 nitrogen and oxygen atoms in total. The molecule has 4 aromatic heterocycles. The first-order valence-electron chi connectivity index (χ1n) is 9.31. The maximum atomic E-state index is 12.7. The van der Waals surface area contributed by atoms with Gasteiger partial charge >= 0.3 is 0 Å². The van der Waals surface area contributed by atoms with Crippen molar-refractivity contribution in [2.45, 2.75) is 18.7 Å². The second-order valence-corrected chi connectivity index (χ2v) is 8.32. The lowest BCUT2D eigenvalue weighted by atomic mass is 9.85. The van der Waals surface area contributed by atoms with E-state index in [9.17, 15) is 4.79 Å². The van der Waals surface area contributed by atoms with E-state index in [4.69, 9.17) is 21.0 Å². The van der Waals surface area contributed by atoms with Gasteiger partial charge < -0.3 is 9.40 Å². The van der Waals surface area contributed by atoms with Crippen LogP contribution in [-0.4, -0.2) is 15.0 Å². The number of thiophene rings is 1. The predicted molar refractivity (Wildman–Crippen MR) is 116 cm³/mol. The number of halogens is 1. The van der Waals surface area contributed by atoms with Gasteiger partial charge in [0.2, 0.25) is 0 Å². The summed E-state index contributed by atoms with van der Waals surface area (Å²) < 4.78 is 6.38. The lowest BCUT2D eigenvalue weighted by Crippen LogP contribution is -2.09. The van der Waals surface area contributed by atoms with Crippen LogP contribution >= 0.6 is 22.9 Å². The van der Waals surface area contributed by atoms with E-state index in [1.165, 1.54) is 16.9 Å². The highest BCUT2D eigenvalue weighted by Crippen LogP contribution is 2.45. The summed E-state index contributed by atoms with van der Waals surface area (Å²) in [7, 11) is 0. The van der Waals surface area contributed by atoms with Crippen LogP contribution in [0.15, 0.2) is 51.9 Å². The number of rotatable bonds is 2. The number of aromatic nitrogens is 3. The van der Waals surface area contributed by atoms with Gasteiger partial charge in [0.15, 0.2) is 0 Å². The number of hydrogen-bond acceptors (Lipinski definition) is 5. The van der Waals surface area contributed by atoms with E-state index >= 15 is 0 Å². The standard InChI is InChI=1S/C22H14ClN3O2S/c23-10-15-24-19-17-16(14-6-3-9-28-14)13-8-7-11-4-1-2-5-12(11)18(13)26-22(17)29-20(19)21(27)25-15/h1-6,9H,7-8,10H2,(H,24,25,27). The van der Waals surface area contributed by atoms with Gasteiger partial charge in [-0.1, -0.05) is 24.3 Å². The quantitative estimate of drug-likeness (QED) is 0.394. The van der Waals surface area contributed by atoms with Crippen molar-refractivity contribution < 1.29 is 4.42 Å². The Morgan fingerprint density at radius 2 is 2.03 bits per heavy atom. The molecule has 0 spiro atoms. The van der Waals surface area contributed by atoms with Crippen LogP contribution in [0.3, 0.4) is 0 Å². The fourth-order valence-corrected chi connectivity index (χ4v) is 5.36. The van der Waals surface area contributed by atoms with Crippen LogP contribution < -0.4 is 5.56 Å². The minimum Gasteiger partial charge on any atom is -0.464 e. The number of alkyl halides is 1. The molecule has 1 aliphatic carbocycles. The minimum atomic E-state index is -0.183. The Bertz CT molecular complexity index is 1470. The Balaban J connectivity index is 1.83. The fourth-order valence-electron chi connectivity index (χ4n) is 4.22. The number of benzene rings is 1. The molecule has 0 amide bonds. The minimum absolute atomic E-state index is 0.143. The number of fused-ring (bicyclic) bond motifs is 6. The molecule has 0 saturated carbocycles. The zero-order valence-corrected chi connectivity index (χ0v) is 16.7. The maximum Gasteiger partial charge on any atom is 0.268 e. The summed E-state index contributed by atoms with van der Waals surface area (Å²) in [5.74, 6) is 1.37. The van der Waals surface area contributed by atoms with E-state index < -0.39 is 0 Å². The van der Waals surface area contributed by atoms with E-state index in [1.54, 1.807) is 6.26 Å². The number of hydrogen-bond donors (Lipinski definition) is 1. The molecule has 1 aromatic carbocycles. The van der Waals surface area contributed by atoms with Crippen LogP contribution in [0.4, 0.5) is 0 Å². The zero-order chi connectivity index (χ0) is 19.5. The van der Waals surface area contributed by atoms with Gasteiger partial charge in [-0.2, -0.15) is 0 Å². The van der Waals surface area contributed by atoms with Crippen molar-refractivity contribution in [3.63, 3.8) is 0 Å². The number of aryl methyl sites for hydroxylation is 1. The molecule has 6 rings (SSSR count). The summed E-state index contributed by atoms with van der Waals surface area (Å²) in [5.41, 5.74) is 5.98. The van der Waals surface area contributed by atoms with Gasteiger partial charge in [-0.25, -0.2) is 9.97 Å². The van der Waals surface area contributed by atoms with Crippen LogP contribution in [-0.2, 0) is 18.7 Å². The first-order valence-corrected chi connectivity index (χ1v) is 10.7. The summed E-state index contributed by atoms with van der Waals surface area (Å²) in [6, 6.07) is 12.2. The van der Waals surface area contributed by atoms with Gasteiger partial charge in [-0.05, 0) is 36.1 Å². The van der Waals surface area contributed by atoms with E-state index in [0.29, 0.717) is 16.0 Å². The van der Waals surface area contributed by atoms with Crippen LogP contribution in [0.5, 0.6) is 0 Å². The molecule has 0 bridgehead atoms. The molecular weight excluding hydrogens is 406 g/mol. The van der Waals surface area contributed by atoms with E-state index in [1.807, 2.05) is 18.2 Å². The molecular formula is C22H14ClN3O2S. The Labute approximate surface area is 174 Å². The van der Waals surface area contributed by atoms with Gasteiger partial charge in [0, 0.05) is 16.5 Å². The van der Waals surface area contributed by atoms with Gasteiger partial charge in [0.05, 0.1) is 23.4 Å². The number of furan rings is 1. The molecule has 142 valence electrons. The Morgan fingerprint density at radius 3 is 2.86 bits per heavy atom. The van der Waals surface area contributed by atoms with Crippen molar-refractivity contribution in [3.05, 3.63) is 70.0 Å². The third kappa shape index (κ3) is 2.42. The SMILES string of the molecule is O=c1[nH]c(CCl)nc2c1sc1nc3c(c(-c4ccco4)c12)CCc1ccccc1-3. The topological polar surface area (TPSA) is 71.8 Å². The number of nitrogens with one attached hydrogen (secondary N) is 1. The largest absolute Gasteiger partial charge is 0.464 e. The van der Waals surface area contributed by atoms with Gasteiger partial charge in [-0.15, -0.1) is 22.9 Å². The third-order valence-electron chi connectivity index (χ3n) is 5.44. The number of nitrogens with zero attached hydrogens (tertiary/aromatic N) is 2. The molecule has 0 saturated heterocycles. The molecule has 1 aliphatic rings. The zero-order valence-electron chi connectivity index (χ0n) is 15.2. The number of H-pyrrole nitrogens is 1. The predicted octanol–water partition coefficient (Wildman–Crippen LogP) is 5.30. The van der Waals surface area contributed by atoms with Gasteiger partial charge in [0.1, 0.15) is 21.1 Å². The lowest BCUT2D eigenvalue weighted by Gasteiger charge is -2.21. The molecule has 5 aromatic rings. The lowest BCUT2D eigenvalue weighted by molar-refractivity contribution is 0.582. The molecule has 1 N–H and O–H groups in total. The fraction of sp³-hybridized carbons (Fsp3) is 0.136. The second-order valence-electron chi connectivity index (χ2n) is 7.05. The molecule has 7 heteroatoms. The molecule has 0 atom stereocenters. The molecule has 0 unspecified atom stereocenters. The Morgan fingerprint density at radius 1 is 1.14 bits per heavy atom. The molecule has 0 fully saturated rings. The van der Waals surface area contributed by atoms with Crippen molar-refractivity contribution in [3.8, 4) is 22.6 Å². The summed E-state index contributed by atoms with van der Waals surface area (Å²) in [6.07, 6.45) is 3.46. The molecule has 29 heavy (non-hydrogen) atoms. The van der Waals surface area contributed by atoms with Crippen molar-refractivity contribution in [2.75, 3.05) is 0 Å². The Kier molecular flexibility index (Phi) is 3.66. The summed E-state index contributed by atoms with van der Waals surface area (Å²) in [5, 5.41) is 0.871. The van der Waals surface area contributed by atoms with Crippen LogP contribution in [0.25, 0.3) is 43.0 Å². The maximum absolute atomic E-state index is 12.7. The third-order valence-corrected chi connectivity index (χ3v) is 6.76. The average Bonchev–Trinajstić information content (AvgIpc) is 3.40. The summed E-state index contributed by atoms with van der Waals surface area (Å²) in [4.78, 5) is 25.9. The van der Waals surface area contributed by atoms with E-state index in [0.717, 1.165) is 51.2 Å². The second kappa shape index (κ2) is 6.27. The van der Waals surface area contributed by atoms with Gasteiger partial charge in [0.25, 0.3) is 5.56 Å². The molecule has 0 aliphatic heterocycles. The first kappa shape index (κ1) is 16.9. The highest BCUT2D eigenvalue weighted by atomic mass is 35.5. The van der Waals surface area contributed by atoms with Crippen molar-refractivity contribution in [1.82, 2.24) is 15.0 Å². The summed E-state index contributed by atoms with van der Waals surface area (Å²) >= 11 is 7.33. The summed E-state index contributed by atoms with van der Waals surface area (Å²) in [6.45, 7) is 0. The smallest absolute Gasteiger partial charge is 0.268 e. The van der Waals surface area contributed by atoms with Crippen molar-refractivity contribution in [1.29, 1.82) is 0 Å². The van der Waals surface area contributed by atoms with Crippen molar-refractivity contribution >= 4 is 43.4 Å². The first-order chi connectivity index (χ1) is 14.2. The number of aromatic amines is 1. The normalized spacial score (nSPS) is 13.0. The number of pyridine rings is 1. The monoisotopic (exact) mass is 419 g/mol. The highest BCUT2D eigenvalue weighted by Gasteiger charge is 2.27. The molecule has 4 heterocycles. The average molecular weight is 420 g/mol. The van der Waals surface area contributed by atoms with Crippen LogP contribution in [0.2, 0.25) is 0 Å².